The molecular formula is C10H11NO. The van der Waals surface area contributed by atoms with E-state index in [1.54, 1.807) is 6.26 Å². The highest BCUT2D eigenvalue weighted by molar-refractivity contribution is 5.78. The van der Waals surface area contributed by atoms with Crippen LogP contribution < -0.4 is 0 Å². The number of rotatable bonds is 2. The Morgan fingerprint density at radius 2 is 2.33 bits per heavy atom. The van der Waals surface area contributed by atoms with E-state index in [1.807, 2.05) is 18.3 Å². The first-order valence-electron chi connectivity index (χ1n) is 4.23. The molecule has 0 aliphatic carbocycles. The number of hydrogen-bond acceptors (Lipinski definition) is 2. The molecule has 0 N–H and O–H groups in total. The second-order valence-electron chi connectivity index (χ2n) is 2.85. The summed E-state index contributed by atoms with van der Waals surface area (Å²) in [5, 5.41) is 1.15. The van der Waals surface area contributed by atoms with Crippen molar-refractivity contribution in [3.8, 4) is 0 Å². The molecule has 2 nitrogen and oxygen atoms in total. The van der Waals surface area contributed by atoms with Gasteiger partial charge in [0, 0.05) is 11.6 Å². The van der Waals surface area contributed by atoms with Crippen LogP contribution in [0, 0.1) is 0 Å². The standard InChI is InChI=1S/C10H11NO/c1-2-3-9-10-8(4-6-11-9)5-7-12-10/h4-7H,2-3H2,1H3. The number of furan rings is 1. The largest absolute Gasteiger partial charge is 0.462 e. The van der Waals surface area contributed by atoms with Crippen molar-refractivity contribution in [1.82, 2.24) is 4.98 Å². The summed E-state index contributed by atoms with van der Waals surface area (Å²) in [4.78, 5) is 4.28. The van der Waals surface area contributed by atoms with Crippen LogP contribution in [0.25, 0.3) is 11.0 Å². The second kappa shape index (κ2) is 2.97. The van der Waals surface area contributed by atoms with E-state index in [2.05, 4.69) is 11.9 Å². The zero-order valence-corrected chi connectivity index (χ0v) is 7.08. The molecule has 0 spiro atoms. The van der Waals surface area contributed by atoms with Gasteiger partial charge in [0.1, 0.15) is 0 Å². The Kier molecular flexibility index (Phi) is 1.82. The average molecular weight is 161 g/mol. The van der Waals surface area contributed by atoms with Crippen LogP contribution in [0.3, 0.4) is 0 Å². The Bertz CT molecular complexity index is 378. The van der Waals surface area contributed by atoms with Crippen LogP contribution in [0.15, 0.2) is 29.0 Å². The Hall–Kier alpha value is -1.31. The predicted molar refractivity (Wildman–Crippen MR) is 48.0 cm³/mol. The number of fused-ring (bicyclic) bond motifs is 1. The molecular weight excluding hydrogens is 150 g/mol. The number of nitrogens with zero attached hydrogens (tertiary/aromatic N) is 1. The van der Waals surface area contributed by atoms with Crippen LogP contribution in [-0.4, -0.2) is 4.98 Å². The van der Waals surface area contributed by atoms with Crippen molar-refractivity contribution in [2.24, 2.45) is 0 Å². The number of pyridine rings is 1. The van der Waals surface area contributed by atoms with Gasteiger partial charge < -0.3 is 4.42 Å². The van der Waals surface area contributed by atoms with Gasteiger partial charge in [-0.05, 0) is 18.6 Å². The van der Waals surface area contributed by atoms with Crippen molar-refractivity contribution in [2.75, 3.05) is 0 Å². The molecule has 0 aliphatic rings. The minimum atomic E-state index is 0.944. The maximum atomic E-state index is 5.34. The summed E-state index contributed by atoms with van der Waals surface area (Å²) < 4.78 is 5.34. The lowest BCUT2D eigenvalue weighted by Crippen LogP contribution is -1.87. The zero-order valence-electron chi connectivity index (χ0n) is 7.08. The third kappa shape index (κ3) is 1.09. The Morgan fingerprint density at radius 1 is 1.42 bits per heavy atom. The normalized spacial score (nSPS) is 10.8. The molecule has 2 heterocycles. The predicted octanol–water partition coefficient (Wildman–Crippen LogP) is 2.78. The van der Waals surface area contributed by atoms with E-state index in [1.165, 1.54) is 0 Å². The highest BCUT2D eigenvalue weighted by Gasteiger charge is 2.02. The molecule has 0 atom stereocenters. The van der Waals surface area contributed by atoms with Gasteiger partial charge in [-0.25, -0.2) is 0 Å². The third-order valence-electron chi connectivity index (χ3n) is 1.93. The van der Waals surface area contributed by atoms with Gasteiger partial charge in [0.05, 0.1) is 12.0 Å². The van der Waals surface area contributed by atoms with Gasteiger partial charge in [0.2, 0.25) is 0 Å². The van der Waals surface area contributed by atoms with Crippen LogP contribution in [0.1, 0.15) is 19.0 Å². The maximum Gasteiger partial charge on any atom is 0.155 e. The highest BCUT2D eigenvalue weighted by atomic mass is 16.3. The lowest BCUT2D eigenvalue weighted by atomic mass is 10.2. The lowest BCUT2D eigenvalue weighted by molar-refractivity contribution is 0.607. The van der Waals surface area contributed by atoms with Crippen LogP contribution in [0.5, 0.6) is 0 Å². The fourth-order valence-electron chi connectivity index (χ4n) is 1.37. The van der Waals surface area contributed by atoms with Crippen LogP contribution in [0.2, 0.25) is 0 Å². The minimum Gasteiger partial charge on any atom is -0.462 e. The zero-order chi connectivity index (χ0) is 8.39. The summed E-state index contributed by atoms with van der Waals surface area (Å²) in [6.45, 7) is 2.14. The fourth-order valence-corrected chi connectivity index (χ4v) is 1.37. The molecule has 0 fully saturated rings. The van der Waals surface area contributed by atoms with Crippen molar-refractivity contribution in [2.45, 2.75) is 19.8 Å². The van der Waals surface area contributed by atoms with Crippen LogP contribution in [0.4, 0.5) is 0 Å². The molecule has 2 rings (SSSR count). The van der Waals surface area contributed by atoms with E-state index in [0.717, 1.165) is 29.5 Å². The molecule has 2 aromatic rings. The van der Waals surface area contributed by atoms with Crippen molar-refractivity contribution >= 4 is 11.0 Å². The monoisotopic (exact) mass is 161 g/mol. The summed E-state index contributed by atoms with van der Waals surface area (Å²) in [5.41, 5.74) is 2.01. The van der Waals surface area contributed by atoms with Crippen molar-refractivity contribution in [3.05, 3.63) is 30.3 Å². The lowest BCUT2D eigenvalue weighted by Gasteiger charge is -1.96. The van der Waals surface area contributed by atoms with E-state index < -0.39 is 0 Å². The van der Waals surface area contributed by atoms with E-state index in [9.17, 15) is 0 Å². The third-order valence-corrected chi connectivity index (χ3v) is 1.93. The number of aryl methyl sites for hydroxylation is 1. The van der Waals surface area contributed by atoms with Crippen molar-refractivity contribution in [3.63, 3.8) is 0 Å². The van der Waals surface area contributed by atoms with Gasteiger partial charge in [-0.1, -0.05) is 13.3 Å². The van der Waals surface area contributed by atoms with E-state index in [4.69, 9.17) is 4.42 Å². The fraction of sp³-hybridized carbons (Fsp3) is 0.300. The van der Waals surface area contributed by atoms with E-state index in [-0.39, 0.29) is 0 Å². The van der Waals surface area contributed by atoms with Gasteiger partial charge in [-0.3, -0.25) is 4.98 Å². The molecule has 0 radical (unpaired) electrons. The smallest absolute Gasteiger partial charge is 0.155 e. The summed E-state index contributed by atoms with van der Waals surface area (Å²) in [6, 6.07) is 3.94. The molecule has 0 bridgehead atoms. The molecule has 0 unspecified atom stereocenters. The van der Waals surface area contributed by atoms with Gasteiger partial charge >= 0.3 is 0 Å². The number of aromatic nitrogens is 1. The molecule has 0 aliphatic heterocycles. The summed E-state index contributed by atoms with van der Waals surface area (Å²) in [6.07, 6.45) is 5.64. The summed E-state index contributed by atoms with van der Waals surface area (Å²) >= 11 is 0. The van der Waals surface area contributed by atoms with Gasteiger partial charge in [-0.2, -0.15) is 0 Å². The molecule has 0 aromatic carbocycles. The second-order valence-corrected chi connectivity index (χ2v) is 2.85. The molecule has 2 heteroatoms. The maximum absolute atomic E-state index is 5.34. The first kappa shape index (κ1) is 7.35. The van der Waals surface area contributed by atoms with E-state index >= 15 is 0 Å². The first-order chi connectivity index (χ1) is 5.92. The first-order valence-corrected chi connectivity index (χ1v) is 4.23. The highest BCUT2D eigenvalue weighted by Crippen LogP contribution is 2.18. The molecule has 0 amide bonds. The van der Waals surface area contributed by atoms with Gasteiger partial charge in [0.25, 0.3) is 0 Å². The molecule has 0 saturated heterocycles. The average Bonchev–Trinajstić information content (AvgIpc) is 2.53. The van der Waals surface area contributed by atoms with Crippen molar-refractivity contribution in [1.29, 1.82) is 0 Å². The minimum absolute atomic E-state index is 0.944. The van der Waals surface area contributed by atoms with E-state index in [0.29, 0.717) is 0 Å². The Labute approximate surface area is 71.2 Å². The van der Waals surface area contributed by atoms with Gasteiger partial charge in [-0.15, -0.1) is 0 Å². The summed E-state index contributed by atoms with van der Waals surface area (Å²) in [7, 11) is 0. The quantitative estimate of drug-likeness (QED) is 0.676. The SMILES string of the molecule is CCCc1nccc2ccoc12. The molecule has 0 saturated carbocycles. The molecule has 12 heavy (non-hydrogen) atoms. The molecule has 62 valence electrons. The van der Waals surface area contributed by atoms with Gasteiger partial charge in [0.15, 0.2) is 5.58 Å². The topological polar surface area (TPSA) is 26.0 Å². The Morgan fingerprint density at radius 3 is 3.17 bits per heavy atom. The number of hydrogen-bond donors (Lipinski definition) is 0. The summed E-state index contributed by atoms with van der Waals surface area (Å²) in [5.74, 6) is 0. The van der Waals surface area contributed by atoms with Crippen LogP contribution >= 0.6 is 0 Å². The van der Waals surface area contributed by atoms with Crippen LogP contribution in [-0.2, 0) is 6.42 Å². The Balaban J connectivity index is 2.57. The molecule has 2 aromatic heterocycles. The van der Waals surface area contributed by atoms with Crippen molar-refractivity contribution < 1.29 is 4.42 Å².